The zero-order valence-corrected chi connectivity index (χ0v) is 14.3. The fraction of sp³-hybridized carbons (Fsp3) is 0. The average Bonchev–Trinajstić information content (AvgIpc) is 3.06. The lowest BCUT2D eigenvalue weighted by Crippen LogP contribution is -1.97. The number of hydrogen-bond acceptors (Lipinski definition) is 4. The van der Waals surface area contributed by atoms with Crippen molar-refractivity contribution in [1.82, 2.24) is 15.0 Å². The topological polar surface area (TPSA) is 51.8 Å². The number of furan rings is 1. The van der Waals surface area contributed by atoms with Gasteiger partial charge in [0.05, 0.1) is 0 Å². The van der Waals surface area contributed by atoms with E-state index in [2.05, 4.69) is 15.0 Å². The fourth-order valence-corrected chi connectivity index (χ4v) is 3.22. The lowest BCUT2D eigenvalue weighted by molar-refractivity contribution is 0.669. The maximum atomic E-state index is 6.16. The second-order valence-electron chi connectivity index (χ2n) is 5.93. The largest absolute Gasteiger partial charge is 0.456 e. The molecule has 0 aliphatic heterocycles. The molecule has 5 aromatic rings. The van der Waals surface area contributed by atoms with Crippen molar-refractivity contribution < 1.29 is 4.42 Å². The van der Waals surface area contributed by atoms with Crippen LogP contribution in [0.3, 0.4) is 0 Å². The third-order valence-corrected chi connectivity index (χ3v) is 4.44. The van der Waals surface area contributed by atoms with Crippen molar-refractivity contribution in [2.24, 2.45) is 0 Å². The van der Waals surface area contributed by atoms with E-state index in [-0.39, 0.29) is 5.28 Å². The molecule has 0 amide bonds. The molecule has 5 rings (SSSR count). The molecule has 4 nitrogen and oxygen atoms in total. The van der Waals surface area contributed by atoms with Gasteiger partial charge >= 0.3 is 0 Å². The molecule has 2 heterocycles. The molecule has 0 radical (unpaired) electrons. The molecular formula is C21H12ClN3O. The van der Waals surface area contributed by atoms with Gasteiger partial charge in [-0.05, 0) is 35.9 Å². The van der Waals surface area contributed by atoms with Gasteiger partial charge < -0.3 is 4.42 Å². The first kappa shape index (κ1) is 15.0. The summed E-state index contributed by atoms with van der Waals surface area (Å²) in [4.78, 5) is 13.2. The van der Waals surface area contributed by atoms with Crippen LogP contribution in [-0.4, -0.2) is 15.0 Å². The first-order valence-corrected chi connectivity index (χ1v) is 8.54. The van der Waals surface area contributed by atoms with E-state index in [1.165, 1.54) is 0 Å². The van der Waals surface area contributed by atoms with E-state index in [1.807, 2.05) is 72.8 Å². The lowest BCUT2D eigenvalue weighted by Gasteiger charge is -2.05. The first-order chi connectivity index (χ1) is 12.8. The lowest BCUT2D eigenvalue weighted by atomic mass is 10.1. The second kappa shape index (κ2) is 5.93. The number of para-hydroxylation sites is 1. The van der Waals surface area contributed by atoms with Crippen molar-refractivity contribution >= 4 is 33.5 Å². The Hall–Kier alpha value is -3.24. The van der Waals surface area contributed by atoms with Crippen LogP contribution in [0.5, 0.6) is 0 Å². The highest BCUT2D eigenvalue weighted by Crippen LogP contribution is 2.32. The summed E-state index contributed by atoms with van der Waals surface area (Å²) < 4.78 is 5.88. The standard InChI is InChI=1S/C21H12ClN3O/c22-21-24-19(13-6-2-1-3-7-13)23-20(25-21)14-10-11-18-16(12-14)15-8-4-5-9-17(15)26-18/h1-12H. The van der Waals surface area contributed by atoms with E-state index < -0.39 is 0 Å². The summed E-state index contributed by atoms with van der Waals surface area (Å²) in [6, 6.07) is 23.6. The Morgan fingerprint density at radius 2 is 1.31 bits per heavy atom. The monoisotopic (exact) mass is 357 g/mol. The number of fused-ring (bicyclic) bond motifs is 3. The number of halogens is 1. The Morgan fingerprint density at radius 3 is 2.15 bits per heavy atom. The van der Waals surface area contributed by atoms with E-state index in [9.17, 15) is 0 Å². The van der Waals surface area contributed by atoms with Gasteiger partial charge in [0, 0.05) is 21.9 Å². The third-order valence-electron chi connectivity index (χ3n) is 4.28. The molecule has 0 fully saturated rings. The molecule has 0 saturated carbocycles. The zero-order chi connectivity index (χ0) is 17.5. The Balaban J connectivity index is 1.70. The van der Waals surface area contributed by atoms with Crippen LogP contribution < -0.4 is 0 Å². The van der Waals surface area contributed by atoms with Crippen LogP contribution in [0.15, 0.2) is 77.2 Å². The van der Waals surface area contributed by atoms with Crippen LogP contribution in [0.2, 0.25) is 5.28 Å². The maximum Gasteiger partial charge on any atom is 0.226 e. The normalized spacial score (nSPS) is 11.3. The highest BCUT2D eigenvalue weighted by atomic mass is 35.5. The van der Waals surface area contributed by atoms with Crippen molar-refractivity contribution in [2.45, 2.75) is 0 Å². The van der Waals surface area contributed by atoms with E-state index >= 15 is 0 Å². The van der Waals surface area contributed by atoms with Crippen LogP contribution in [0.4, 0.5) is 0 Å². The summed E-state index contributed by atoms with van der Waals surface area (Å²) in [6.45, 7) is 0. The second-order valence-corrected chi connectivity index (χ2v) is 6.26. The van der Waals surface area contributed by atoms with Gasteiger partial charge in [0.15, 0.2) is 11.6 Å². The van der Waals surface area contributed by atoms with E-state index in [0.29, 0.717) is 11.6 Å². The maximum absolute atomic E-state index is 6.16. The Kier molecular flexibility index (Phi) is 3.43. The van der Waals surface area contributed by atoms with Gasteiger partial charge in [0.2, 0.25) is 5.28 Å². The van der Waals surface area contributed by atoms with Crippen LogP contribution in [0.25, 0.3) is 44.7 Å². The SMILES string of the molecule is Clc1nc(-c2ccccc2)nc(-c2ccc3oc4ccccc4c3c2)n1. The summed E-state index contributed by atoms with van der Waals surface area (Å²) in [5.74, 6) is 1.09. The predicted octanol–water partition coefficient (Wildman–Crippen LogP) is 5.76. The van der Waals surface area contributed by atoms with Gasteiger partial charge in [0.1, 0.15) is 11.2 Å². The summed E-state index contributed by atoms with van der Waals surface area (Å²) in [5, 5.41) is 2.26. The van der Waals surface area contributed by atoms with Gasteiger partial charge in [-0.2, -0.15) is 9.97 Å². The molecule has 0 aliphatic rings. The number of benzene rings is 3. The highest BCUT2D eigenvalue weighted by Gasteiger charge is 2.12. The first-order valence-electron chi connectivity index (χ1n) is 8.16. The number of rotatable bonds is 2. The molecule has 0 unspecified atom stereocenters. The summed E-state index contributed by atoms with van der Waals surface area (Å²) in [5.41, 5.74) is 3.45. The smallest absolute Gasteiger partial charge is 0.226 e. The average molecular weight is 358 g/mol. The van der Waals surface area contributed by atoms with Crippen LogP contribution >= 0.6 is 11.6 Å². The van der Waals surface area contributed by atoms with Crippen molar-refractivity contribution in [3.8, 4) is 22.8 Å². The molecule has 0 atom stereocenters. The molecule has 0 N–H and O–H groups in total. The molecule has 124 valence electrons. The van der Waals surface area contributed by atoms with E-state index in [4.69, 9.17) is 16.0 Å². The molecule has 0 saturated heterocycles. The molecular weight excluding hydrogens is 346 g/mol. The van der Waals surface area contributed by atoms with Crippen LogP contribution in [-0.2, 0) is 0 Å². The quantitative estimate of drug-likeness (QED) is 0.403. The van der Waals surface area contributed by atoms with Gasteiger partial charge in [-0.1, -0.05) is 48.5 Å². The predicted molar refractivity (Wildman–Crippen MR) is 103 cm³/mol. The van der Waals surface area contributed by atoms with Crippen LogP contribution in [0.1, 0.15) is 0 Å². The van der Waals surface area contributed by atoms with Crippen molar-refractivity contribution in [1.29, 1.82) is 0 Å². The van der Waals surface area contributed by atoms with Crippen molar-refractivity contribution in [3.05, 3.63) is 78.1 Å². The van der Waals surface area contributed by atoms with Gasteiger partial charge in [-0.25, -0.2) is 4.98 Å². The van der Waals surface area contributed by atoms with Crippen LogP contribution in [0, 0.1) is 0 Å². The minimum absolute atomic E-state index is 0.172. The zero-order valence-electron chi connectivity index (χ0n) is 13.6. The molecule has 0 bridgehead atoms. The number of nitrogens with zero attached hydrogens (tertiary/aromatic N) is 3. The molecule has 2 aromatic heterocycles. The Morgan fingerprint density at radius 1 is 0.615 bits per heavy atom. The van der Waals surface area contributed by atoms with Gasteiger partial charge in [0.25, 0.3) is 0 Å². The Labute approximate surface area is 154 Å². The molecule has 0 spiro atoms. The van der Waals surface area contributed by atoms with Gasteiger partial charge in [-0.15, -0.1) is 0 Å². The number of hydrogen-bond donors (Lipinski definition) is 0. The Bertz CT molecular complexity index is 1250. The van der Waals surface area contributed by atoms with E-state index in [0.717, 1.165) is 33.1 Å². The van der Waals surface area contributed by atoms with Crippen molar-refractivity contribution in [3.63, 3.8) is 0 Å². The highest BCUT2D eigenvalue weighted by molar-refractivity contribution is 6.28. The third kappa shape index (κ3) is 2.52. The van der Waals surface area contributed by atoms with E-state index in [1.54, 1.807) is 0 Å². The van der Waals surface area contributed by atoms with Gasteiger partial charge in [-0.3, -0.25) is 0 Å². The summed E-state index contributed by atoms with van der Waals surface area (Å²) >= 11 is 6.16. The molecule has 26 heavy (non-hydrogen) atoms. The molecule has 5 heteroatoms. The summed E-state index contributed by atoms with van der Waals surface area (Å²) in [6.07, 6.45) is 0. The minimum atomic E-state index is 0.172. The molecule has 0 aliphatic carbocycles. The summed E-state index contributed by atoms with van der Waals surface area (Å²) in [7, 11) is 0. The fourth-order valence-electron chi connectivity index (χ4n) is 3.06. The van der Waals surface area contributed by atoms with Crippen molar-refractivity contribution in [2.75, 3.05) is 0 Å². The number of aromatic nitrogens is 3. The minimum Gasteiger partial charge on any atom is -0.456 e. The molecule has 3 aromatic carbocycles.